The fraction of sp³-hybridized carbons (Fsp3) is 0.462. The molecular weight excluding hydrogens is 298 g/mol. The molecule has 0 radical (unpaired) electrons. The molecule has 1 aliphatic rings. The second-order valence-electron chi connectivity index (χ2n) is 4.14. The molecule has 4 nitrogen and oxygen atoms in total. The fourth-order valence-corrected chi connectivity index (χ4v) is 2.57. The molecule has 1 amide bonds. The van der Waals surface area contributed by atoms with Crippen LogP contribution in [-0.2, 0) is 4.79 Å². The number of carbonyl (C=O) groups is 1. The number of amides is 1. The van der Waals surface area contributed by atoms with Crippen molar-refractivity contribution in [1.82, 2.24) is 4.90 Å². The number of carbonyl (C=O) groups excluding carboxylic acids is 1. The first-order valence-electron chi connectivity index (χ1n) is 5.88. The highest BCUT2D eigenvalue weighted by Crippen LogP contribution is 2.25. The Balaban J connectivity index is 1.83. The van der Waals surface area contributed by atoms with Gasteiger partial charge >= 0.3 is 0 Å². The Labute approximate surface area is 115 Å². The molecule has 1 unspecified atom stereocenters. The lowest BCUT2D eigenvalue weighted by molar-refractivity contribution is -0.127. The minimum atomic E-state index is 0.181. The van der Waals surface area contributed by atoms with Crippen LogP contribution in [0, 0.1) is 0 Å². The van der Waals surface area contributed by atoms with E-state index in [2.05, 4.69) is 15.9 Å². The number of likely N-dealkylation sites (tertiary alicyclic amines) is 1. The second kappa shape index (κ2) is 6.09. The van der Waals surface area contributed by atoms with Crippen LogP contribution >= 0.6 is 15.9 Å². The molecule has 1 aromatic rings. The van der Waals surface area contributed by atoms with Gasteiger partial charge in [0.1, 0.15) is 6.61 Å². The molecule has 0 saturated carbocycles. The molecule has 1 fully saturated rings. The lowest BCUT2D eigenvalue weighted by Gasteiger charge is -2.16. The Bertz CT molecular complexity index is 424. The van der Waals surface area contributed by atoms with Crippen LogP contribution in [0.2, 0.25) is 0 Å². The average molecular weight is 314 g/mol. The third-order valence-electron chi connectivity index (χ3n) is 2.86. The summed E-state index contributed by atoms with van der Waals surface area (Å²) < 4.78 is 10.8. The van der Waals surface area contributed by atoms with E-state index in [9.17, 15) is 4.79 Å². The molecule has 1 atom stereocenters. The number of methoxy groups -OCH3 is 1. The fourth-order valence-electron chi connectivity index (χ4n) is 1.94. The maximum atomic E-state index is 11.6. The molecule has 1 saturated heterocycles. The highest BCUT2D eigenvalue weighted by atomic mass is 79.9. The summed E-state index contributed by atoms with van der Waals surface area (Å²) in [6, 6.07) is 7.50. The maximum absolute atomic E-state index is 11.6. The van der Waals surface area contributed by atoms with E-state index in [0.717, 1.165) is 6.54 Å². The predicted octanol–water partition coefficient (Wildman–Crippen LogP) is 2.07. The minimum absolute atomic E-state index is 0.181. The standard InChI is InChI=1S/C13H16BrNO3/c1-17-11-4-2-3-5-12(11)18-7-6-15-9-10(14)8-13(15)16/h2-5,10H,6-9H2,1H3. The number of ether oxygens (including phenoxy) is 2. The Morgan fingerprint density at radius 3 is 2.72 bits per heavy atom. The molecule has 98 valence electrons. The number of alkyl halides is 1. The third kappa shape index (κ3) is 3.16. The molecular formula is C13H16BrNO3. The van der Waals surface area contributed by atoms with Crippen LogP contribution in [0.5, 0.6) is 11.5 Å². The van der Waals surface area contributed by atoms with Gasteiger partial charge in [0.2, 0.25) is 5.91 Å². The van der Waals surface area contributed by atoms with E-state index in [-0.39, 0.29) is 10.7 Å². The highest BCUT2D eigenvalue weighted by Gasteiger charge is 2.27. The molecule has 0 aliphatic carbocycles. The van der Waals surface area contributed by atoms with Gasteiger partial charge in [-0.1, -0.05) is 28.1 Å². The van der Waals surface area contributed by atoms with E-state index >= 15 is 0 Å². The first kappa shape index (κ1) is 13.2. The zero-order valence-corrected chi connectivity index (χ0v) is 11.9. The summed E-state index contributed by atoms with van der Waals surface area (Å²) in [4.78, 5) is 13.7. The largest absolute Gasteiger partial charge is 0.493 e. The molecule has 1 heterocycles. The third-order valence-corrected chi connectivity index (χ3v) is 3.47. The summed E-state index contributed by atoms with van der Waals surface area (Å²) in [5.74, 6) is 1.60. The Hall–Kier alpha value is -1.23. The number of halogens is 1. The van der Waals surface area contributed by atoms with Crippen molar-refractivity contribution in [3.8, 4) is 11.5 Å². The Morgan fingerprint density at radius 1 is 1.39 bits per heavy atom. The van der Waals surface area contributed by atoms with Crippen molar-refractivity contribution in [3.63, 3.8) is 0 Å². The van der Waals surface area contributed by atoms with Crippen LogP contribution in [0.3, 0.4) is 0 Å². The first-order chi connectivity index (χ1) is 8.70. The van der Waals surface area contributed by atoms with Crippen molar-refractivity contribution < 1.29 is 14.3 Å². The van der Waals surface area contributed by atoms with Crippen molar-refractivity contribution in [1.29, 1.82) is 0 Å². The molecule has 0 N–H and O–H groups in total. The summed E-state index contributed by atoms with van der Waals surface area (Å²) in [5, 5.41) is 0. The van der Waals surface area contributed by atoms with E-state index in [1.807, 2.05) is 29.2 Å². The van der Waals surface area contributed by atoms with E-state index in [0.29, 0.717) is 31.1 Å². The van der Waals surface area contributed by atoms with Gasteiger partial charge in [0.15, 0.2) is 11.5 Å². The van der Waals surface area contributed by atoms with Crippen molar-refractivity contribution in [2.45, 2.75) is 11.2 Å². The number of para-hydroxylation sites is 2. The van der Waals surface area contributed by atoms with Crippen LogP contribution in [0.15, 0.2) is 24.3 Å². The molecule has 1 aliphatic heterocycles. The topological polar surface area (TPSA) is 38.8 Å². The lowest BCUT2D eigenvalue weighted by Crippen LogP contribution is -2.30. The number of hydrogen-bond acceptors (Lipinski definition) is 3. The Kier molecular flexibility index (Phi) is 4.47. The van der Waals surface area contributed by atoms with Gasteiger partial charge < -0.3 is 14.4 Å². The summed E-state index contributed by atoms with van der Waals surface area (Å²) in [7, 11) is 1.61. The molecule has 5 heteroatoms. The van der Waals surface area contributed by atoms with Crippen molar-refractivity contribution >= 4 is 21.8 Å². The molecule has 18 heavy (non-hydrogen) atoms. The zero-order valence-electron chi connectivity index (χ0n) is 10.3. The zero-order chi connectivity index (χ0) is 13.0. The van der Waals surface area contributed by atoms with Gasteiger partial charge in [-0.25, -0.2) is 0 Å². The maximum Gasteiger partial charge on any atom is 0.223 e. The quantitative estimate of drug-likeness (QED) is 0.781. The van der Waals surface area contributed by atoms with Gasteiger partial charge in [0.25, 0.3) is 0 Å². The van der Waals surface area contributed by atoms with Gasteiger partial charge in [-0.05, 0) is 12.1 Å². The van der Waals surface area contributed by atoms with E-state index in [4.69, 9.17) is 9.47 Å². The Morgan fingerprint density at radius 2 is 2.11 bits per heavy atom. The van der Waals surface area contributed by atoms with Crippen LogP contribution < -0.4 is 9.47 Å². The van der Waals surface area contributed by atoms with Gasteiger partial charge in [0.05, 0.1) is 13.7 Å². The normalized spacial score (nSPS) is 19.1. The number of rotatable bonds is 5. The van der Waals surface area contributed by atoms with Gasteiger partial charge in [-0.15, -0.1) is 0 Å². The molecule has 0 spiro atoms. The van der Waals surface area contributed by atoms with Gasteiger partial charge in [-0.3, -0.25) is 4.79 Å². The van der Waals surface area contributed by atoms with Crippen LogP contribution in [-0.4, -0.2) is 42.4 Å². The second-order valence-corrected chi connectivity index (χ2v) is 5.44. The van der Waals surface area contributed by atoms with Gasteiger partial charge in [-0.2, -0.15) is 0 Å². The minimum Gasteiger partial charge on any atom is -0.493 e. The monoisotopic (exact) mass is 313 g/mol. The van der Waals surface area contributed by atoms with Crippen molar-refractivity contribution in [2.24, 2.45) is 0 Å². The first-order valence-corrected chi connectivity index (χ1v) is 6.80. The van der Waals surface area contributed by atoms with E-state index < -0.39 is 0 Å². The number of hydrogen-bond donors (Lipinski definition) is 0. The average Bonchev–Trinajstić information content (AvgIpc) is 2.68. The van der Waals surface area contributed by atoms with Crippen LogP contribution in [0.1, 0.15) is 6.42 Å². The van der Waals surface area contributed by atoms with E-state index in [1.54, 1.807) is 7.11 Å². The summed E-state index contributed by atoms with van der Waals surface area (Å²) in [5.41, 5.74) is 0. The van der Waals surface area contributed by atoms with Crippen molar-refractivity contribution in [2.75, 3.05) is 26.8 Å². The molecule has 0 bridgehead atoms. The van der Waals surface area contributed by atoms with E-state index in [1.165, 1.54) is 0 Å². The molecule has 1 aromatic carbocycles. The van der Waals surface area contributed by atoms with Gasteiger partial charge in [0, 0.05) is 17.8 Å². The predicted molar refractivity (Wildman–Crippen MR) is 72.4 cm³/mol. The van der Waals surface area contributed by atoms with Crippen LogP contribution in [0.25, 0.3) is 0 Å². The molecule has 2 rings (SSSR count). The van der Waals surface area contributed by atoms with Crippen molar-refractivity contribution in [3.05, 3.63) is 24.3 Å². The number of nitrogens with zero attached hydrogens (tertiary/aromatic N) is 1. The smallest absolute Gasteiger partial charge is 0.223 e. The highest BCUT2D eigenvalue weighted by molar-refractivity contribution is 9.09. The number of benzene rings is 1. The summed E-state index contributed by atoms with van der Waals surface area (Å²) in [6.45, 7) is 1.85. The van der Waals surface area contributed by atoms with Crippen LogP contribution in [0.4, 0.5) is 0 Å². The summed E-state index contributed by atoms with van der Waals surface area (Å²) >= 11 is 3.46. The summed E-state index contributed by atoms with van der Waals surface area (Å²) in [6.07, 6.45) is 0.578. The molecule has 0 aromatic heterocycles. The SMILES string of the molecule is COc1ccccc1OCCN1CC(Br)CC1=O. The lowest BCUT2D eigenvalue weighted by atomic mass is 10.3.